The van der Waals surface area contributed by atoms with Crippen LogP contribution in [0.2, 0.25) is 0 Å². The summed E-state index contributed by atoms with van der Waals surface area (Å²) in [5.74, 6) is 1.58. The van der Waals surface area contributed by atoms with Crippen molar-refractivity contribution in [1.82, 2.24) is 4.98 Å². The fourth-order valence-electron chi connectivity index (χ4n) is 3.28. The van der Waals surface area contributed by atoms with Gasteiger partial charge in [0.05, 0.1) is 26.0 Å². The van der Waals surface area contributed by atoms with Crippen LogP contribution in [0.3, 0.4) is 0 Å². The first-order chi connectivity index (χ1) is 13.2. The Balaban J connectivity index is 1.69. The van der Waals surface area contributed by atoms with Gasteiger partial charge in [0.25, 0.3) is 0 Å². The van der Waals surface area contributed by atoms with Gasteiger partial charge in [-0.15, -0.1) is 11.3 Å². The normalized spacial score (nSPS) is 16.3. The molecule has 0 fully saturated rings. The highest BCUT2D eigenvalue weighted by Gasteiger charge is 2.31. The van der Waals surface area contributed by atoms with Crippen molar-refractivity contribution in [3.05, 3.63) is 59.5 Å². The van der Waals surface area contributed by atoms with Crippen molar-refractivity contribution >= 4 is 22.2 Å². The van der Waals surface area contributed by atoms with Gasteiger partial charge in [0.1, 0.15) is 11.5 Å². The van der Waals surface area contributed by atoms with Crippen LogP contribution in [0.1, 0.15) is 24.9 Å². The van der Waals surface area contributed by atoms with Crippen molar-refractivity contribution in [2.24, 2.45) is 5.10 Å². The Labute approximate surface area is 162 Å². The summed E-state index contributed by atoms with van der Waals surface area (Å²) in [5, 5.41) is 9.73. The summed E-state index contributed by atoms with van der Waals surface area (Å²) in [6, 6.07) is 16.2. The SMILES string of the molecule is COc1ccc([C@@H]2CC(C)=NN2c2nc(-c3ccccc3)cs2)c(OC)c1. The molecule has 5 nitrogen and oxygen atoms in total. The lowest BCUT2D eigenvalue weighted by molar-refractivity contribution is 0.388. The lowest BCUT2D eigenvalue weighted by Crippen LogP contribution is -2.19. The highest BCUT2D eigenvalue weighted by atomic mass is 32.1. The van der Waals surface area contributed by atoms with E-state index in [2.05, 4.69) is 30.5 Å². The van der Waals surface area contributed by atoms with Crippen molar-refractivity contribution in [1.29, 1.82) is 0 Å². The molecule has 0 radical (unpaired) electrons. The van der Waals surface area contributed by atoms with Crippen LogP contribution in [0.4, 0.5) is 5.13 Å². The van der Waals surface area contributed by atoms with Gasteiger partial charge in [0.2, 0.25) is 5.13 Å². The Bertz CT molecular complexity index is 969. The summed E-state index contributed by atoms with van der Waals surface area (Å²) in [7, 11) is 3.34. The van der Waals surface area contributed by atoms with Gasteiger partial charge < -0.3 is 9.47 Å². The van der Waals surface area contributed by atoms with Gasteiger partial charge in [-0.1, -0.05) is 30.3 Å². The second kappa shape index (κ2) is 7.40. The van der Waals surface area contributed by atoms with Gasteiger partial charge in [-0.3, -0.25) is 0 Å². The highest BCUT2D eigenvalue weighted by Crippen LogP contribution is 2.42. The van der Waals surface area contributed by atoms with E-state index in [0.29, 0.717) is 0 Å². The van der Waals surface area contributed by atoms with Gasteiger partial charge in [-0.05, 0) is 19.1 Å². The number of hydrogen-bond donors (Lipinski definition) is 0. The quantitative estimate of drug-likeness (QED) is 0.615. The molecule has 2 aromatic carbocycles. The number of nitrogens with zero attached hydrogens (tertiary/aromatic N) is 3. The fourth-order valence-corrected chi connectivity index (χ4v) is 4.12. The maximum Gasteiger partial charge on any atom is 0.207 e. The molecule has 1 atom stereocenters. The number of methoxy groups -OCH3 is 2. The Kier molecular flexibility index (Phi) is 4.81. The monoisotopic (exact) mass is 379 g/mol. The number of hydrazone groups is 1. The van der Waals surface area contributed by atoms with Crippen LogP contribution in [0.25, 0.3) is 11.3 Å². The molecule has 1 aliphatic rings. The number of benzene rings is 2. The molecule has 4 rings (SSSR count). The van der Waals surface area contributed by atoms with Crippen LogP contribution in [-0.2, 0) is 0 Å². The first kappa shape index (κ1) is 17.5. The van der Waals surface area contributed by atoms with E-state index in [-0.39, 0.29) is 6.04 Å². The zero-order chi connectivity index (χ0) is 18.8. The van der Waals surface area contributed by atoms with E-state index in [4.69, 9.17) is 19.6 Å². The summed E-state index contributed by atoms with van der Waals surface area (Å²) < 4.78 is 10.9. The predicted molar refractivity (Wildman–Crippen MR) is 110 cm³/mol. The van der Waals surface area contributed by atoms with E-state index < -0.39 is 0 Å². The maximum atomic E-state index is 5.62. The van der Waals surface area contributed by atoms with E-state index in [9.17, 15) is 0 Å². The molecule has 0 saturated heterocycles. The van der Waals surface area contributed by atoms with Gasteiger partial charge in [0, 0.05) is 34.7 Å². The number of ether oxygens (including phenoxy) is 2. The van der Waals surface area contributed by atoms with Gasteiger partial charge >= 0.3 is 0 Å². The Hall–Kier alpha value is -2.86. The molecular formula is C21H21N3O2S. The average molecular weight is 379 g/mol. The van der Waals surface area contributed by atoms with E-state index in [1.807, 2.05) is 35.3 Å². The van der Waals surface area contributed by atoms with Gasteiger partial charge in [-0.25, -0.2) is 9.99 Å². The number of anilines is 1. The molecule has 0 saturated carbocycles. The lowest BCUT2D eigenvalue weighted by Gasteiger charge is -2.23. The Morgan fingerprint density at radius 1 is 1.07 bits per heavy atom. The summed E-state index contributed by atoms with van der Waals surface area (Å²) in [6.45, 7) is 2.05. The number of aromatic nitrogens is 1. The number of thiazole rings is 1. The molecule has 27 heavy (non-hydrogen) atoms. The minimum absolute atomic E-state index is 0.0561. The summed E-state index contributed by atoms with van der Waals surface area (Å²) >= 11 is 1.61. The standard InChI is InChI=1S/C21H21N3O2S/c1-14-11-19(17-10-9-16(25-2)12-20(17)26-3)24(23-14)21-22-18(13-27-21)15-7-5-4-6-8-15/h4-10,12-13,19H,11H2,1-3H3/t19-/m0/s1. The minimum atomic E-state index is 0.0561. The van der Waals surface area contributed by atoms with E-state index >= 15 is 0 Å². The van der Waals surface area contributed by atoms with Crippen LogP contribution in [-0.4, -0.2) is 24.9 Å². The predicted octanol–water partition coefficient (Wildman–Crippen LogP) is 5.15. The van der Waals surface area contributed by atoms with Gasteiger partial charge in [-0.2, -0.15) is 5.10 Å². The molecule has 0 spiro atoms. The molecule has 0 amide bonds. The number of hydrogen-bond acceptors (Lipinski definition) is 6. The highest BCUT2D eigenvalue weighted by molar-refractivity contribution is 7.14. The van der Waals surface area contributed by atoms with Gasteiger partial charge in [0.15, 0.2) is 0 Å². The molecule has 0 aliphatic carbocycles. The minimum Gasteiger partial charge on any atom is -0.497 e. The Morgan fingerprint density at radius 2 is 1.89 bits per heavy atom. The van der Waals surface area contributed by atoms with Crippen molar-refractivity contribution in [2.45, 2.75) is 19.4 Å². The Morgan fingerprint density at radius 3 is 2.63 bits per heavy atom. The third-order valence-electron chi connectivity index (χ3n) is 4.62. The molecule has 0 N–H and O–H groups in total. The second-order valence-electron chi connectivity index (χ2n) is 6.39. The molecule has 138 valence electrons. The topological polar surface area (TPSA) is 47.0 Å². The number of rotatable bonds is 5. The van der Waals surface area contributed by atoms with Crippen molar-refractivity contribution in [3.8, 4) is 22.8 Å². The van der Waals surface area contributed by atoms with Crippen LogP contribution >= 0.6 is 11.3 Å². The summed E-state index contributed by atoms with van der Waals surface area (Å²) in [5.41, 5.74) is 4.24. The first-order valence-corrected chi connectivity index (χ1v) is 9.63. The molecule has 2 heterocycles. The largest absolute Gasteiger partial charge is 0.497 e. The van der Waals surface area contributed by atoms with Crippen LogP contribution in [0.15, 0.2) is 59.0 Å². The van der Waals surface area contributed by atoms with Crippen LogP contribution in [0.5, 0.6) is 11.5 Å². The van der Waals surface area contributed by atoms with E-state index in [1.165, 1.54) is 0 Å². The van der Waals surface area contributed by atoms with E-state index in [0.717, 1.165) is 45.6 Å². The molecule has 1 aliphatic heterocycles. The second-order valence-corrected chi connectivity index (χ2v) is 7.23. The molecule has 0 bridgehead atoms. The first-order valence-electron chi connectivity index (χ1n) is 8.76. The molecule has 1 aromatic heterocycles. The van der Waals surface area contributed by atoms with Crippen molar-refractivity contribution in [2.75, 3.05) is 19.2 Å². The smallest absolute Gasteiger partial charge is 0.207 e. The van der Waals surface area contributed by atoms with Crippen LogP contribution < -0.4 is 14.5 Å². The molecule has 6 heteroatoms. The van der Waals surface area contributed by atoms with Crippen molar-refractivity contribution in [3.63, 3.8) is 0 Å². The molecule has 3 aromatic rings. The third kappa shape index (κ3) is 3.40. The zero-order valence-corrected chi connectivity index (χ0v) is 16.4. The fraction of sp³-hybridized carbons (Fsp3) is 0.238. The van der Waals surface area contributed by atoms with Crippen LogP contribution in [0, 0.1) is 0 Å². The third-order valence-corrected chi connectivity index (χ3v) is 5.45. The average Bonchev–Trinajstić information content (AvgIpc) is 3.35. The maximum absolute atomic E-state index is 5.62. The summed E-state index contributed by atoms with van der Waals surface area (Å²) in [4.78, 5) is 4.83. The van der Waals surface area contributed by atoms with Crippen molar-refractivity contribution < 1.29 is 9.47 Å². The zero-order valence-electron chi connectivity index (χ0n) is 15.5. The summed E-state index contributed by atoms with van der Waals surface area (Å²) in [6.07, 6.45) is 0.836. The lowest BCUT2D eigenvalue weighted by atomic mass is 10.0. The molecule has 0 unspecified atom stereocenters. The van der Waals surface area contributed by atoms with E-state index in [1.54, 1.807) is 25.6 Å². The molecular weight excluding hydrogens is 358 g/mol.